The van der Waals surface area contributed by atoms with Crippen molar-refractivity contribution in [3.05, 3.63) is 23.8 Å². The quantitative estimate of drug-likeness (QED) is 0.757. The van der Waals surface area contributed by atoms with E-state index in [1.54, 1.807) is 19.1 Å². The third-order valence-electron chi connectivity index (χ3n) is 2.60. The van der Waals surface area contributed by atoms with Crippen molar-refractivity contribution in [3.8, 4) is 17.6 Å². The van der Waals surface area contributed by atoms with Gasteiger partial charge in [-0.2, -0.15) is 5.26 Å². The summed E-state index contributed by atoms with van der Waals surface area (Å²) in [7, 11) is 0. The van der Waals surface area contributed by atoms with E-state index in [4.69, 9.17) is 19.5 Å². The summed E-state index contributed by atoms with van der Waals surface area (Å²) in [5.74, 6) is 0.0550. The second-order valence-corrected chi connectivity index (χ2v) is 3.83. The molecule has 0 saturated heterocycles. The number of ether oxygens (including phenoxy) is 3. The van der Waals surface area contributed by atoms with Gasteiger partial charge in [0.25, 0.3) is 0 Å². The van der Waals surface area contributed by atoms with Gasteiger partial charge in [-0.15, -0.1) is 0 Å². The van der Waals surface area contributed by atoms with Crippen molar-refractivity contribution in [2.45, 2.75) is 13.3 Å². The van der Waals surface area contributed by atoms with Gasteiger partial charge in [-0.3, -0.25) is 4.79 Å². The number of nitrogens with zero attached hydrogens (tertiary/aromatic N) is 1. The maximum Gasteiger partial charge on any atom is 0.323 e. The second kappa shape index (κ2) is 5.41. The highest BCUT2D eigenvalue weighted by molar-refractivity contribution is 5.75. The van der Waals surface area contributed by atoms with Gasteiger partial charge < -0.3 is 14.2 Å². The third-order valence-corrected chi connectivity index (χ3v) is 2.60. The van der Waals surface area contributed by atoms with Crippen LogP contribution in [0.3, 0.4) is 0 Å². The second-order valence-electron chi connectivity index (χ2n) is 3.83. The van der Waals surface area contributed by atoms with Crippen molar-refractivity contribution >= 4 is 5.97 Å². The number of hydrogen-bond donors (Lipinski definition) is 0. The lowest BCUT2D eigenvalue weighted by atomic mass is 10.0. The molecule has 5 nitrogen and oxygen atoms in total. The normalized spacial score (nSPS) is 13.8. The van der Waals surface area contributed by atoms with E-state index < -0.39 is 11.9 Å². The molecule has 1 aromatic carbocycles. The maximum atomic E-state index is 11.5. The molecule has 0 bridgehead atoms. The van der Waals surface area contributed by atoms with Crippen molar-refractivity contribution in [1.29, 1.82) is 5.26 Å². The Hall–Kier alpha value is -2.22. The molecule has 1 unspecified atom stereocenters. The van der Waals surface area contributed by atoms with Gasteiger partial charge in [0.15, 0.2) is 11.5 Å². The fourth-order valence-corrected chi connectivity index (χ4v) is 1.73. The van der Waals surface area contributed by atoms with Crippen molar-refractivity contribution in [2.24, 2.45) is 5.92 Å². The molecule has 94 valence electrons. The molecule has 1 aliphatic rings. The minimum absolute atomic E-state index is 0.207. The molecule has 0 aromatic heterocycles. The van der Waals surface area contributed by atoms with E-state index in [0.29, 0.717) is 17.9 Å². The first kappa shape index (κ1) is 12.2. The standard InChI is InChI=1S/C13H13NO4/c1-2-16-13(15)10(7-14)5-9-3-4-11-12(6-9)18-8-17-11/h3-4,6,10H,2,5,8H2,1H3. The van der Waals surface area contributed by atoms with Crippen LogP contribution >= 0.6 is 0 Å². The van der Waals surface area contributed by atoms with Crippen LogP contribution in [0.25, 0.3) is 0 Å². The predicted molar refractivity (Wildman–Crippen MR) is 62.0 cm³/mol. The van der Waals surface area contributed by atoms with Crippen LogP contribution in [-0.2, 0) is 16.0 Å². The van der Waals surface area contributed by atoms with E-state index >= 15 is 0 Å². The largest absolute Gasteiger partial charge is 0.465 e. The number of nitriles is 1. The van der Waals surface area contributed by atoms with E-state index in [2.05, 4.69) is 0 Å². The summed E-state index contributed by atoms with van der Waals surface area (Å²) < 4.78 is 15.3. The molecule has 0 aliphatic carbocycles. The topological polar surface area (TPSA) is 68.6 Å². The highest BCUT2D eigenvalue weighted by Crippen LogP contribution is 2.33. The molecule has 1 atom stereocenters. The third kappa shape index (κ3) is 2.54. The molecule has 1 aromatic rings. The lowest BCUT2D eigenvalue weighted by Crippen LogP contribution is -2.18. The fraction of sp³-hybridized carbons (Fsp3) is 0.385. The van der Waals surface area contributed by atoms with Gasteiger partial charge in [0, 0.05) is 0 Å². The lowest BCUT2D eigenvalue weighted by Gasteiger charge is -2.08. The number of fused-ring (bicyclic) bond motifs is 1. The minimum atomic E-state index is -0.787. The molecular weight excluding hydrogens is 234 g/mol. The molecule has 1 heterocycles. The molecule has 0 saturated carbocycles. The van der Waals surface area contributed by atoms with Crippen molar-refractivity contribution in [2.75, 3.05) is 13.4 Å². The molecule has 18 heavy (non-hydrogen) atoms. The first-order valence-corrected chi connectivity index (χ1v) is 5.69. The van der Waals surface area contributed by atoms with Crippen LogP contribution < -0.4 is 9.47 Å². The Balaban J connectivity index is 2.08. The summed E-state index contributed by atoms with van der Waals surface area (Å²) in [5, 5.41) is 8.97. The van der Waals surface area contributed by atoms with Crippen LogP contribution in [0.4, 0.5) is 0 Å². The van der Waals surface area contributed by atoms with Crippen molar-refractivity contribution < 1.29 is 19.0 Å². The average Bonchev–Trinajstić information content (AvgIpc) is 2.83. The van der Waals surface area contributed by atoms with E-state index in [1.165, 1.54) is 0 Å². The lowest BCUT2D eigenvalue weighted by molar-refractivity contribution is -0.145. The van der Waals surface area contributed by atoms with Gasteiger partial charge in [-0.1, -0.05) is 6.07 Å². The van der Waals surface area contributed by atoms with Gasteiger partial charge >= 0.3 is 5.97 Å². The zero-order valence-corrected chi connectivity index (χ0v) is 10.0. The summed E-state index contributed by atoms with van der Waals surface area (Å²) in [6.07, 6.45) is 0.311. The number of carbonyl (C=O) groups excluding carboxylic acids is 1. The Morgan fingerprint density at radius 3 is 3.00 bits per heavy atom. The first-order valence-electron chi connectivity index (χ1n) is 5.69. The molecule has 0 amide bonds. The maximum absolute atomic E-state index is 11.5. The van der Waals surface area contributed by atoms with E-state index in [1.807, 2.05) is 12.1 Å². The molecule has 5 heteroatoms. The predicted octanol–water partition coefficient (Wildman–Crippen LogP) is 1.66. The molecule has 0 radical (unpaired) electrons. The Bertz CT molecular complexity index is 492. The smallest absolute Gasteiger partial charge is 0.323 e. The van der Waals surface area contributed by atoms with Crippen LogP contribution in [-0.4, -0.2) is 19.4 Å². The fourth-order valence-electron chi connectivity index (χ4n) is 1.73. The molecular formula is C13H13NO4. The monoisotopic (exact) mass is 247 g/mol. The van der Waals surface area contributed by atoms with Crippen molar-refractivity contribution in [1.82, 2.24) is 0 Å². The number of carbonyl (C=O) groups is 1. The summed E-state index contributed by atoms with van der Waals surface area (Å²) in [6.45, 7) is 2.20. The highest BCUT2D eigenvalue weighted by atomic mass is 16.7. The summed E-state index contributed by atoms with van der Waals surface area (Å²) in [5.41, 5.74) is 0.846. The van der Waals surface area contributed by atoms with E-state index in [9.17, 15) is 4.79 Å². The van der Waals surface area contributed by atoms with Crippen LogP contribution in [0.15, 0.2) is 18.2 Å². The van der Waals surface area contributed by atoms with Crippen LogP contribution in [0.5, 0.6) is 11.5 Å². The first-order chi connectivity index (χ1) is 8.74. The van der Waals surface area contributed by atoms with Crippen LogP contribution in [0, 0.1) is 17.2 Å². The number of rotatable bonds is 4. The minimum Gasteiger partial charge on any atom is -0.465 e. The van der Waals surface area contributed by atoms with E-state index in [0.717, 1.165) is 5.56 Å². The van der Waals surface area contributed by atoms with Crippen LogP contribution in [0.2, 0.25) is 0 Å². The average molecular weight is 247 g/mol. The Morgan fingerprint density at radius 2 is 2.28 bits per heavy atom. The zero-order chi connectivity index (χ0) is 13.0. The number of esters is 1. The molecule has 0 N–H and O–H groups in total. The Kier molecular flexibility index (Phi) is 3.68. The van der Waals surface area contributed by atoms with Gasteiger partial charge in [0.2, 0.25) is 6.79 Å². The summed E-state index contributed by atoms with van der Waals surface area (Å²) >= 11 is 0. The number of benzene rings is 1. The van der Waals surface area contributed by atoms with Gasteiger partial charge in [-0.25, -0.2) is 0 Å². The SMILES string of the molecule is CCOC(=O)C(C#N)Cc1ccc2c(c1)OCO2. The highest BCUT2D eigenvalue weighted by Gasteiger charge is 2.21. The van der Waals surface area contributed by atoms with Gasteiger partial charge in [-0.05, 0) is 31.0 Å². The van der Waals surface area contributed by atoms with Gasteiger partial charge in [0.05, 0.1) is 12.7 Å². The Labute approximate surface area is 105 Å². The van der Waals surface area contributed by atoms with Crippen LogP contribution in [0.1, 0.15) is 12.5 Å². The van der Waals surface area contributed by atoms with Crippen molar-refractivity contribution in [3.63, 3.8) is 0 Å². The molecule has 0 fully saturated rings. The Morgan fingerprint density at radius 1 is 1.50 bits per heavy atom. The van der Waals surface area contributed by atoms with Gasteiger partial charge in [0.1, 0.15) is 5.92 Å². The molecule has 2 rings (SSSR count). The zero-order valence-electron chi connectivity index (χ0n) is 10.0. The molecule has 0 spiro atoms. The summed E-state index contributed by atoms with van der Waals surface area (Å²) in [6, 6.07) is 7.33. The van der Waals surface area contributed by atoms with E-state index in [-0.39, 0.29) is 13.4 Å². The number of hydrogen-bond acceptors (Lipinski definition) is 5. The molecule has 1 aliphatic heterocycles. The summed E-state index contributed by atoms with van der Waals surface area (Å²) in [4.78, 5) is 11.5.